The predicted molar refractivity (Wildman–Crippen MR) is 61.6 cm³/mol. The maximum absolute atomic E-state index is 12.9. The summed E-state index contributed by atoms with van der Waals surface area (Å²) >= 11 is 3.34. The summed E-state index contributed by atoms with van der Waals surface area (Å²) in [5, 5.41) is 0. The second kappa shape index (κ2) is 4.75. The molecule has 1 aliphatic rings. The molecule has 1 fully saturated rings. The molecule has 1 aromatic heterocycles. The highest BCUT2D eigenvalue weighted by Crippen LogP contribution is 2.26. The van der Waals surface area contributed by atoms with Crippen molar-refractivity contribution in [2.45, 2.75) is 18.8 Å². The number of nitrogens with zero attached hydrogens (tertiary/aromatic N) is 2. The molecule has 0 radical (unpaired) electrons. The molecule has 0 N–H and O–H groups in total. The molecule has 1 aliphatic heterocycles. The monoisotopic (exact) mass is 290 g/mol. The van der Waals surface area contributed by atoms with Crippen LogP contribution < -0.4 is 0 Å². The Hall–Kier alpha value is -0.550. The molecule has 0 saturated carbocycles. The lowest BCUT2D eigenvalue weighted by atomic mass is 10.2. The Balaban J connectivity index is 1.84. The number of pyridine rings is 1. The lowest BCUT2D eigenvalue weighted by Crippen LogP contribution is -2.27. The molecule has 0 aliphatic carbocycles. The summed E-state index contributed by atoms with van der Waals surface area (Å²) in [6, 6.07) is 1.97. The van der Waals surface area contributed by atoms with Gasteiger partial charge in [-0.3, -0.25) is 9.88 Å². The topological polar surface area (TPSA) is 16.1 Å². The maximum Gasteiger partial charge on any atom is 0.261 e. The first-order chi connectivity index (χ1) is 7.55. The van der Waals surface area contributed by atoms with Gasteiger partial charge in [-0.1, -0.05) is 0 Å². The maximum atomic E-state index is 12.9. The third kappa shape index (κ3) is 3.22. The first-order valence-electron chi connectivity index (χ1n) is 5.25. The van der Waals surface area contributed by atoms with E-state index >= 15 is 0 Å². The SMILES string of the molecule is FC1(F)CCN(CCc2cncc(Br)c2)C1. The standard InChI is InChI=1S/C11H13BrF2N2/c12-10-5-9(6-15-7-10)1-3-16-4-2-11(13,14)8-16/h5-7H,1-4,8H2. The van der Waals surface area contributed by atoms with Gasteiger partial charge in [0.05, 0.1) is 6.54 Å². The van der Waals surface area contributed by atoms with Gasteiger partial charge in [-0.25, -0.2) is 8.78 Å². The molecule has 1 saturated heterocycles. The number of alkyl halides is 2. The van der Waals surface area contributed by atoms with Gasteiger partial charge in [0.2, 0.25) is 0 Å². The van der Waals surface area contributed by atoms with Crippen LogP contribution in [0, 0.1) is 0 Å². The Morgan fingerprint density at radius 3 is 2.88 bits per heavy atom. The van der Waals surface area contributed by atoms with E-state index in [2.05, 4.69) is 20.9 Å². The molecular formula is C11H13BrF2N2. The summed E-state index contributed by atoms with van der Waals surface area (Å²) in [7, 11) is 0. The summed E-state index contributed by atoms with van der Waals surface area (Å²) in [6.45, 7) is 1.07. The molecule has 0 bridgehead atoms. The molecule has 2 rings (SSSR count). The van der Waals surface area contributed by atoms with E-state index in [4.69, 9.17) is 0 Å². The molecule has 0 spiro atoms. The number of hydrogen-bond acceptors (Lipinski definition) is 2. The molecule has 2 heterocycles. The second-order valence-corrected chi connectivity index (χ2v) is 5.06. The smallest absolute Gasteiger partial charge is 0.261 e. The van der Waals surface area contributed by atoms with Crippen LogP contribution in [-0.2, 0) is 6.42 Å². The highest BCUT2D eigenvalue weighted by atomic mass is 79.9. The summed E-state index contributed by atoms with van der Waals surface area (Å²) in [5.41, 5.74) is 1.07. The van der Waals surface area contributed by atoms with Gasteiger partial charge in [-0.05, 0) is 34.0 Å². The van der Waals surface area contributed by atoms with Crippen LogP contribution in [0.15, 0.2) is 22.9 Å². The first-order valence-corrected chi connectivity index (χ1v) is 6.04. The molecule has 2 nitrogen and oxygen atoms in total. The Bertz CT molecular complexity index is 371. The molecular weight excluding hydrogens is 278 g/mol. The van der Waals surface area contributed by atoms with E-state index in [1.807, 2.05) is 6.07 Å². The van der Waals surface area contributed by atoms with Crippen molar-refractivity contribution < 1.29 is 8.78 Å². The highest BCUT2D eigenvalue weighted by Gasteiger charge is 2.37. The van der Waals surface area contributed by atoms with Crippen molar-refractivity contribution in [2.75, 3.05) is 19.6 Å². The molecule has 5 heteroatoms. The van der Waals surface area contributed by atoms with Crippen LogP contribution in [0.4, 0.5) is 8.78 Å². The van der Waals surface area contributed by atoms with Gasteiger partial charge >= 0.3 is 0 Å². The van der Waals surface area contributed by atoms with Gasteiger partial charge in [0, 0.05) is 36.4 Å². The van der Waals surface area contributed by atoms with Crippen LogP contribution in [0.1, 0.15) is 12.0 Å². The quantitative estimate of drug-likeness (QED) is 0.851. The molecule has 0 aromatic carbocycles. The van der Waals surface area contributed by atoms with Crippen LogP contribution in [0.5, 0.6) is 0 Å². The third-order valence-electron chi connectivity index (χ3n) is 2.73. The van der Waals surface area contributed by atoms with Crippen molar-refractivity contribution in [1.82, 2.24) is 9.88 Å². The highest BCUT2D eigenvalue weighted by molar-refractivity contribution is 9.10. The fraction of sp³-hybridized carbons (Fsp3) is 0.545. The van der Waals surface area contributed by atoms with Crippen molar-refractivity contribution in [2.24, 2.45) is 0 Å². The summed E-state index contributed by atoms with van der Waals surface area (Å²) in [6.07, 6.45) is 4.25. The fourth-order valence-corrected chi connectivity index (χ4v) is 2.29. The van der Waals surface area contributed by atoms with Crippen LogP contribution in [-0.4, -0.2) is 35.4 Å². The first kappa shape index (κ1) is 11.9. The Morgan fingerprint density at radius 2 is 2.25 bits per heavy atom. The summed E-state index contributed by atoms with van der Waals surface area (Å²) < 4.78 is 26.8. The molecule has 0 atom stereocenters. The molecule has 1 aromatic rings. The normalized spacial score (nSPS) is 20.2. The van der Waals surface area contributed by atoms with Gasteiger partial charge in [-0.15, -0.1) is 0 Å². The van der Waals surface area contributed by atoms with Gasteiger partial charge in [-0.2, -0.15) is 0 Å². The molecule has 0 unspecified atom stereocenters. The van der Waals surface area contributed by atoms with E-state index in [9.17, 15) is 8.78 Å². The summed E-state index contributed by atoms with van der Waals surface area (Å²) in [4.78, 5) is 5.85. The van der Waals surface area contributed by atoms with Crippen molar-refractivity contribution in [3.63, 3.8) is 0 Å². The minimum atomic E-state index is -2.49. The second-order valence-electron chi connectivity index (χ2n) is 4.14. The number of hydrogen-bond donors (Lipinski definition) is 0. The van der Waals surface area contributed by atoms with Gasteiger partial charge < -0.3 is 0 Å². The minimum Gasteiger partial charge on any atom is -0.297 e. The largest absolute Gasteiger partial charge is 0.297 e. The number of likely N-dealkylation sites (tertiary alicyclic amines) is 1. The number of rotatable bonds is 3. The zero-order valence-electron chi connectivity index (χ0n) is 8.80. The Kier molecular flexibility index (Phi) is 3.54. The Morgan fingerprint density at radius 1 is 1.44 bits per heavy atom. The average Bonchev–Trinajstić information content (AvgIpc) is 2.56. The molecule has 88 valence electrons. The van der Waals surface area contributed by atoms with E-state index in [1.165, 1.54) is 0 Å². The van der Waals surface area contributed by atoms with Crippen LogP contribution in [0.2, 0.25) is 0 Å². The van der Waals surface area contributed by atoms with E-state index < -0.39 is 5.92 Å². The zero-order valence-corrected chi connectivity index (χ0v) is 10.4. The fourth-order valence-electron chi connectivity index (χ4n) is 1.88. The van der Waals surface area contributed by atoms with E-state index in [0.29, 0.717) is 13.1 Å². The van der Waals surface area contributed by atoms with Crippen LogP contribution in [0.3, 0.4) is 0 Å². The number of aromatic nitrogens is 1. The van der Waals surface area contributed by atoms with E-state index in [-0.39, 0.29) is 13.0 Å². The van der Waals surface area contributed by atoms with Crippen molar-refractivity contribution in [1.29, 1.82) is 0 Å². The van der Waals surface area contributed by atoms with Crippen molar-refractivity contribution in [3.05, 3.63) is 28.5 Å². The van der Waals surface area contributed by atoms with Crippen molar-refractivity contribution >= 4 is 15.9 Å². The number of halogens is 3. The lowest BCUT2D eigenvalue weighted by Gasteiger charge is -2.15. The lowest BCUT2D eigenvalue weighted by molar-refractivity contribution is 0.0123. The van der Waals surface area contributed by atoms with Gasteiger partial charge in [0.15, 0.2) is 0 Å². The zero-order chi connectivity index (χ0) is 11.6. The summed E-state index contributed by atoms with van der Waals surface area (Å²) in [5.74, 6) is -2.49. The van der Waals surface area contributed by atoms with Crippen LogP contribution >= 0.6 is 15.9 Å². The Labute approximate surface area is 102 Å². The van der Waals surface area contributed by atoms with Crippen LogP contribution in [0.25, 0.3) is 0 Å². The molecule has 0 amide bonds. The predicted octanol–water partition coefficient (Wildman–Crippen LogP) is 2.73. The van der Waals surface area contributed by atoms with Gasteiger partial charge in [0.25, 0.3) is 5.92 Å². The minimum absolute atomic E-state index is 0.0102. The van der Waals surface area contributed by atoms with Gasteiger partial charge in [0.1, 0.15) is 0 Å². The van der Waals surface area contributed by atoms with E-state index in [0.717, 1.165) is 16.5 Å². The average molecular weight is 291 g/mol. The van der Waals surface area contributed by atoms with Crippen molar-refractivity contribution in [3.8, 4) is 0 Å². The molecule has 16 heavy (non-hydrogen) atoms. The third-order valence-corrected chi connectivity index (χ3v) is 3.16. The van der Waals surface area contributed by atoms with E-state index in [1.54, 1.807) is 17.3 Å².